The summed E-state index contributed by atoms with van der Waals surface area (Å²) in [5, 5.41) is 4.89. The van der Waals surface area contributed by atoms with Crippen LogP contribution in [0.25, 0.3) is 0 Å². The van der Waals surface area contributed by atoms with Crippen molar-refractivity contribution < 1.29 is 0 Å². The van der Waals surface area contributed by atoms with E-state index in [2.05, 4.69) is 5.10 Å². The zero-order chi connectivity index (χ0) is 8.43. The summed E-state index contributed by atoms with van der Waals surface area (Å²) in [6.07, 6.45) is 1.80. The highest BCUT2D eigenvalue weighted by Gasteiger charge is 2.05. The molecular formula is C7H12ClN3. The molecule has 1 aromatic rings. The lowest BCUT2D eigenvalue weighted by Crippen LogP contribution is -2.16. The van der Waals surface area contributed by atoms with Crippen molar-refractivity contribution in [2.75, 3.05) is 6.54 Å². The third kappa shape index (κ3) is 1.73. The van der Waals surface area contributed by atoms with Crippen LogP contribution in [0.15, 0.2) is 6.20 Å². The molecule has 0 spiro atoms. The molecule has 0 aliphatic heterocycles. The summed E-state index contributed by atoms with van der Waals surface area (Å²) in [6.45, 7) is 4.46. The summed E-state index contributed by atoms with van der Waals surface area (Å²) in [5.41, 5.74) is 6.31. The van der Waals surface area contributed by atoms with Crippen molar-refractivity contribution >= 4 is 11.6 Å². The Morgan fingerprint density at radius 1 is 1.82 bits per heavy atom. The second-order valence-electron chi connectivity index (χ2n) is 2.63. The van der Waals surface area contributed by atoms with E-state index >= 15 is 0 Å². The van der Waals surface area contributed by atoms with Gasteiger partial charge in [-0.25, -0.2) is 0 Å². The molecule has 3 nitrogen and oxygen atoms in total. The average Bonchev–Trinajstić information content (AvgIpc) is 2.31. The van der Waals surface area contributed by atoms with E-state index < -0.39 is 0 Å². The highest BCUT2D eigenvalue weighted by molar-refractivity contribution is 6.31. The van der Waals surface area contributed by atoms with Gasteiger partial charge in [-0.15, -0.1) is 0 Å². The summed E-state index contributed by atoms with van der Waals surface area (Å²) >= 11 is 5.81. The fraction of sp³-hybridized carbons (Fsp3) is 0.571. The van der Waals surface area contributed by atoms with Crippen LogP contribution in [0.4, 0.5) is 0 Å². The van der Waals surface area contributed by atoms with Crippen molar-refractivity contribution in [3.8, 4) is 0 Å². The van der Waals surface area contributed by atoms with E-state index in [0.717, 1.165) is 5.69 Å². The Morgan fingerprint density at radius 3 is 2.82 bits per heavy atom. The van der Waals surface area contributed by atoms with Gasteiger partial charge in [0, 0.05) is 12.7 Å². The van der Waals surface area contributed by atoms with Gasteiger partial charge < -0.3 is 5.73 Å². The summed E-state index contributed by atoms with van der Waals surface area (Å²) in [6, 6.07) is 0.223. The standard InChI is InChI=1S/C7H12ClN3/c1-5(3-9)11-4-7(8)6(2)10-11/h4-5H,3,9H2,1-2H3. The molecule has 2 N–H and O–H groups in total. The molecule has 0 bridgehead atoms. The quantitative estimate of drug-likeness (QED) is 0.734. The molecule has 0 amide bonds. The molecule has 1 aromatic heterocycles. The van der Waals surface area contributed by atoms with Crippen LogP contribution >= 0.6 is 11.6 Å². The minimum absolute atomic E-state index is 0.223. The number of aromatic nitrogens is 2. The molecular weight excluding hydrogens is 162 g/mol. The van der Waals surface area contributed by atoms with Crippen LogP contribution in [-0.4, -0.2) is 16.3 Å². The molecule has 1 rings (SSSR count). The molecule has 0 aliphatic rings. The molecule has 1 atom stereocenters. The Morgan fingerprint density at radius 2 is 2.45 bits per heavy atom. The molecule has 4 heteroatoms. The van der Waals surface area contributed by atoms with E-state index in [-0.39, 0.29) is 6.04 Å². The molecule has 62 valence electrons. The maximum atomic E-state index is 5.81. The van der Waals surface area contributed by atoms with Gasteiger partial charge in [0.05, 0.1) is 16.8 Å². The van der Waals surface area contributed by atoms with Crippen LogP contribution in [0.3, 0.4) is 0 Å². The van der Waals surface area contributed by atoms with Crippen LogP contribution in [0.2, 0.25) is 5.02 Å². The van der Waals surface area contributed by atoms with Gasteiger partial charge in [0.1, 0.15) is 0 Å². The van der Waals surface area contributed by atoms with Gasteiger partial charge in [-0.05, 0) is 13.8 Å². The number of nitrogens with zero attached hydrogens (tertiary/aromatic N) is 2. The summed E-state index contributed by atoms with van der Waals surface area (Å²) in [7, 11) is 0. The minimum atomic E-state index is 0.223. The first-order valence-electron chi connectivity index (χ1n) is 3.56. The van der Waals surface area contributed by atoms with Crippen LogP contribution in [0.1, 0.15) is 18.7 Å². The van der Waals surface area contributed by atoms with Gasteiger partial charge in [-0.2, -0.15) is 5.10 Å². The summed E-state index contributed by atoms with van der Waals surface area (Å²) in [4.78, 5) is 0. The lowest BCUT2D eigenvalue weighted by Gasteiger charge is -2.07. The van der Waals surface area contributed by atoms with Gasteiger partial charge in [0.15, 0.2) is 0 Å². The smallest absolute Gasteiger partial charge is 0.0815 e. The molecule has 0 saturated heterocycles. The average molecular weight is 174 g/mol. The predicted octanol–water partition coefficient (Wildman–Crippen LogP) is 1.36. The van der Waals surface area contributed by atoms with E-state index in [1.807, 2.05) is 13.8 Å². The molecule has 1 heterocycles. The fourth-order valence-electron chi connectivity index (χ4n) is 0.793. The Balaban J connectivity index is 2.88. The predicted molar refractivity (Wildman–Crippen MR) is 45.7 cm³/mol. The molecule has 0 radical (unpaired) electrons. The molecule has 1 unspecified atom stereocenters. The Bertz CT molecular complexity index is 224. The van der Waals surface area contributed by atoms with Crippen molar-refractivity contribution in [1.29, 1.82) is 0 Å². The van der Waals surface area contributed by atoms with E-state index in [4.69, 9.17) is 17.3 Å². The maximum Gasteiger partial charge on any atom is 0.0815 e. The molecule has 11 heavy (non-hydrogen) atoms. The number of halogens is 1. The Kier molecular flexibility index (Phi) is 2.52. The second-order valence-corrected chi connectivity index (χ2v) is 3.03. The molecule has 0 saturated carbocycles. The monoisotopic (exact) mass is 173 g/mol. The third-order valence-corrected chi connectivity index (χ3v) is 2.02. The van der Waals surface area contributed by atoms with E-state index in [1.54, 1.807) is 10.9 Å². The van der Waals surface area contributed by atoms with Gasteiger partial charge in [0.25, 0.3) is 0 Å². The number of hydrogen-bond donors (Lipinski definition) is 1. The van der Waals surface area contributed by atoms with Gasteiger partial charge in [-0.3, -0.25) is 4.68 Å². The van der Waals surface area contributed by atoms with Crippen LogP contribution in [-0.2, 0) is 0 Å². The van der Waals surface area contributed by atoms with E-state index in [1.165, 1.54) is 0 Å². The maximum absolute atomic E-state index is 5.81. The molecule has 0 aliphatic carbocycles. The van der Waals surface area contributed by atoms with E-state index in [0.29, 0.717) is 11.6 Å². The molecule has 0 fully saturated rings. The molecule has 0 aromatic carbocycles. The number of hydrogen-bond acceptors (Lipinski definition) is 2. The van der Waals surface area contributed by atoms with Crippen molar-refractivity contribution in [3.05, 3.63) is 16.9 Å². The highest BCUT2D eigenvalue weighted by atomic mass is 35.5. The van der Waals surface area contributed by atoms with Crippen LogP contribution < -0.4 is 5.73 Å². The van der Waals surface area contributed by atoms with Crippen molar-refractivity contribution in [2.45, 2.75) is 19.9 Å². The zero-order valence-corrected chi connectivity index (χ0v) is 7.47. The van der Waals surface area contributed by atoms with Crippen molar-refractivity contribution in [3.63, 3.8) is 0 Å². The van der Waals surface area contributed by atoms with Gasteiger partial charge in [0.2, 0.25) is 0 Å². The Hall–Kier alpha value is -0.540. The fourth-order valence-corrected chi connectivity index (χ4v) is 0.931. The largest absolute Gasteiger partial charge is 0.328 e. The van der Waals surface area contributed by atoms with Gasteiger partial charge in [-0.1, -0.05) is 11.6 Å². The van der Waals surface area contributed by atoms with Crippen LogP contribution in [0, 0.1) is 6.92 Å². The topological polar surface area (TPSA) is 43.8 Å². The first-order valence-corrected chi connectivity index (χ1v) is 3.94. The van der Waals surface area contributed by atoms with Crippen molar-refractivity contribution in [2.24, 2.45) is 5.73 Å². The van der Waals surface area contributed by atoms with Crippen molar-refractivity contribution in [1.82, 2.24) is 9.78 Å². The van der Waals surface area contributed by atoms with Gasteiger partial charge >= 0.3 is 0 Å². The third-order valence-electron chi connectivity index (χ3n) is 1.65. The SMILES string of the molecule is Cc1nn(C(C)CN)cc1Cl. The first kappa shape index (κ1) is 8.56. The van der Waals surface area contributed by atoms with Crippen LogP contribution in [0.5, 0.6) is 0 Å². The zero-order valence-electron chi connectivity index (χ0n) is 6.71. The first-order chi connectivity index (χ1) is 5.15. The van der Waals surface area contributed by atoms with E-state index in [9.17, 15) is 0 Å². The normalized spacial score (nSPS) is 13.5. The summed E-state index contributed by atoms with van der Waals surface area (Å²) < 4.78 is 1.79. The minimum Gasteiger partial charge on any atom is -0.328 e. The summed E-state index contributed by atoms with van der Waals surface area (Å²) in [5.74, 6) is 0. The number of nitrogens with two attached hydrogens (primary N) is 1. The highest BCUT2D eigenvalue weighted by Crippen LogP contribution is 2.14. The number of rotatable bonds is 2. The number of aryl methyl sites for hydroxylation is 1. The lowest BCUT2D eigenvalue weighted by atomic mass is 10.3. The second kappa shape index (κ2) is 3.24. The Labute approximate surface area is 71.1 Å². The lowest BCUT2D eigenvalue weighted by molar-refractivity contribution is 0.498.